The van der Waals surface area contributed by atoms with Gasteiger partial charge in [-0.05, 0) is 40.0 Å². The van der Waals surface area contributed by atoms with Gasteiger partial charge in [-0.25, -0.2) is 4.79 Å². The summed E-state index contributed by atoms with van der Waals surface area (Å²) < 4.78 is 5.42. The molecule has 0 aromatic heterocycles. The highest BCUT2D eigenvalue weighted by atomic mass is 16.6. The Kier molecular flexibility index (Phi) is 3.49. The van der Waals surface area contributed by atoms with Crippen LogP contribution < -0.4 is 0 Å². The quantitative estimate of drug-likeness (QED) is 0.675. The topological polar surface area (TPSA) is 49.9 Å². The maximum absolute atomic E-state index is 12.1. The molecule has 0 unspecified atom stereocenters. The van der Waals surface area contributed by atoms with Crippen LogP contribution in [0.15, 0.2) is 0 Å². The number of carbonyl (C=O) groups excluding carboxylic acids is 2. The van der Waals surface area contributed by atoms with E-state index in [0.29, 0.717) is 19.6 Å². The van der Waals surface area contributed by atoms with Gasteiger partial charge in [-0.2, -0.15) is 0 Å². The molecule has 108 valence electrons. The molecule has 0 atom stereocenters. The van der Waals surface area contributed by atoms with Crippen molar-refractivity contribution in [1.82, 2.24) is 9.80 Å². The monoisotopic (exact) mass is 268 g/mol. The lowest BCUT2D eigenvalue weighted by Crippen LogP contribution is -2.67. The fourth-order valence-corrected chi connectivity index (χ4v) is 2.96. The summed E-state index contributed by atoms with van der Waals surface area (Å²) in [5, 5.41) is 0. The van der Waals surface area contributed by atoms with Gasteiger partial charge in [0.1, 0.15) is 5.60 Å². The number of ether oxygens (including phenoxy) is 1. The predicted molar refractivity (Wildman–Crippen MR) is 71.8 cm³/mol. The van der Waals surface area contributed by atoms with Crippen LogP contribution in [0.5, 0.6) is 0 Å². The van der Waals surface area contributed by atoms with Gasteiger partial charge >= 0.3 is 6.09 Å². The van der Waals surface area contributed by atoms with Crippen molar-refractivity contribution in [2.45, 2.75) is 58.1 Å². The fourth-order valence-electron chi connectivity index (χ4n) is 2.96. The number of nitrogens with zero attached hydrogens (tertiary/aromatic N) is 2. The third-order valence-electron chi connectivity index (χ3n) is 3.97. The Morgan fingerprint density at radius 1 is 1.16 bits per heavy atom. The normalized spacial score (nSPS) is 22.1. The van der Waals surface area contributed by atoms with E-state index >= 15 is 0 Å². The molecule has 2 amide bonds. The first-order valence-corrected chi connectivity index (χ1v) is 7.00. The first kappa shape index (κ1) is 14.2. The molecule has 1 saturated heterocycles. The van der Waals surface area contributed by atoms with E-state index in [1.54, 1.807) is 11.8 Å². The lowest BCUT2D eigenvalue weighted by atomic mass is 9.73. The summed E-state index contributed by atoms with van der Waals surface area (Å²) in [5.41, 5.74) is -0.595. The summed E-state index contributed by atoms with van der Waals surface area (Å²) in [6.07, 6.45) is 2.85. The van der Waals surface area contributed by atoms with Gasteiger partial charge in [-0.15, -0.1) is 0 Å². The van der Waals surface area contributed by atoms with E-state index in [1.807, 2.05) is 25.7 Å². The Hall–Kier alpha value is -1.26. The van der Waals surface area contributed by atoms with Crippen LogP contribution in [0.1, 0.15) is 47.0 Å². The minimum Gasteiger partial charge on any atom is -0.444 e. The molecule has 2 fully saturated rings. The fraction of sp³-hybridized carbons (Fsp3) is 0.857. The zero-order valence-electron chi connectivity index (χ0n) is 12.4. The van der Waals surface area contributed by atoms with Crippen molar-refractivity contribution in [3.8, 4) is 0 Å². The number of piperazine rings is 1. The molecule has 5 nitrogen and oxygen atoms in total. The molecular formula is C14H24N2O3. The van der Waals surface area contributed by atoms with Gasteiger partial charge in [-0.1, -0.05) is 0 Å². The standard InChI is InChI=1S/C14H24N2O3/c1-11(17)16-9-8-15(10-14(16)6-5-7-14)12(18)19-13(2,3)4/h5-10H2,1-4H3. The van der Waals surface area contributed by atoms with Crippen LogP contribution in [-0.4, -0.2) is 52.6 Å². The minimum atomic E-state index is -0.471. The third-order valence-corrected chi connectivity index (χ3v) is 3.97. The Morgan fingerprint density at radius 3 is 2.21 bits per heavy atom. The van der Waals surface area contributed by atoms with Gasteiger partial charge < -0.3 is 14.5 Å². The summed E-state index contributed by atoms with van der Waals surface area (Å²) in [6.45, 7) is 9.02. The van der Waals surface area contributed by atoms with E-state index in [9.17, 15) is 9.59 Å². The Morgan fingerprint density at radius 2 is 1.79 bits per heavy atom. The summed E-state index contributed by atoms with van der Waals surface area (Å²) >= 11 is 0. The number of amides is 2. The van der Waals surface area contributed by atoms with Gasteiger partial charge in [0.05, 0.1) is 5.54 Å². The van der Waals surface area contributed by atoms with Gasteiger partial charge in [0.15, 0.2) is 0 Å². The van der Waals surface area contributed by atoms with Gasteiger partial charge in [0.2, 0.25) is 5.91 Å². The molecule has 0 aromatic rings. The molecule has 1 aliphatic heterocycles. The van der Waals surface area contributed by atoms with Crippen molar-refractivity contribution in [2.24, 2.45) is 0 Å². The van der Waals surface area contributed by atoms with Crippen LogP contribution in [0.2, 0.25) is 0 Å². The lowest BCUT2D eigenvalue weighted by Gasteiger charge is -2.55. The van der Waals surface area contributed by atoms with Crippen molar-refractivity contribution in [3.63, 3.8) is 0 Å². The molecule has 0 radical (unpaired) electrons. The van der Waals surface area contributed by atoms with Crippen molar-refractivity contribution in [3.05, 3.63) is 0 Å². The first-order valence-electron chi connectivity index (χ1n) is 7.00. The molecule has 5 heteroatoms. The highest BCUT2D eigenvalue weighted by Gasteiger charge is 2.48. The largest absolute Gasteiger partial charge is 0.444 e. The second-order valence-electron chi connectivity index (χ2n) is 6.65. The van der Waals surface area contributed by atoms with Crippen LogP contribution in [-0.2, 0) is 9.53 Å². The zero-order valence-corrected chi connectivity index (χ0v) is 12.4. The van der Waals surface area contributed by atoms with Crippen LogP contribution in [0.4, 0.5) is 4.79 Å². The molecular weight excluding hydrogens is 244 g/mol. The summed E-state index contributed by atoms with van der Waals surface area (Å²) in [4.78, 5) is 27.5. The van der Waals surface area contributed by atoms with Crippen LogP contribution >= 0.6 is 0 Å². The lowest BCUT2D eigenvalue weighted by molar-refractivity contribution is -0.145. The average molecular weight is 268 g/mol. The molecule has 0 N–H and O–H groups in total. The number of rotatable bonds is 0. The van der Waals surface area contributed by atoms with E-state index in [4.69, 9.17) is 4.74 Å². The maximum atomic E-state index is 12.1. The van der Waals surface area contributed by atoms with E-state index in [0.717, 1.165) is 19.3 Å². The summed E-state index contributed by atoms with van der Waals surface area (Å²) in [5.74, 6) is 0.114. The predicted octanol–water partition coefficient (Wildman–Crippen LogP) is 2.01. The Balaban J connectivity index is 2.04. The van der Waals surface area contributed by atoms with Crippen molar-refractivity contribution in [1.29, 1.82) is 0 Å². The zero-order chi connectivity index (χ0) is 14.3. The highest BCUT2D eigenvalue weighted by molar-refractivity contribution is 5.75. The molecule has 2 aliphatic rings. The summed E-state index contributed by atoms with van der Waals surface area (Å²) in [6, 6.07) is 0. The van der Waals surface area contributed by atoms with Gasteiger partial charge in [0, 0.05) is 26.6 Å². The maximum Gasteiger partial charge on any atom is 0.410 e. The second kappa shape index (κ2) is 4.69. The molecule has 1 aliphatic carbocycles. The highest BCUT2D eigenvalue weighted by Crippen LogP contribution is 2.40. The van der Waals surface area contributed by atoms with Gasteiger partial charge in [-0.3, -0.25) is 4.79 Å². The summed E-state index contributed by atoms with van der Waals surface area (Å²) in [7, 11) is 0. The molecule has 2 rings (SSSR count). The molecule has 1 heterocycles. The molecule has 0 bridgehead atoms. The molecule has 0 aromatic carbocycles. The van der Waals surface area contributed by atoms with Crippen molar-refractivity contribution < 1.29 is 14.3 Å². The van der Waals surface area contributed by atoms with E-state index in [1.165, 1.54) is 0 Å². The van der Waals surface area contributed by atoms with E-state index in [2.05, 4.69) is 0 Å². The van der Waals surface area contributed by atoms with Crippen LogP contribution in [0.25, 0.3) is 0 Å². The smallest absolute Gasteiger partial charge is 0.410 e. The minimum absolute atomic E-state index is 0.114. The SMILES string of the molecule is CC(=O)N1CCN(C(=O)OC(C)(C)C)CC12CCC2. The number of hydrogen-bond acceptors (Lipinski definition) is 3. The average Bonchev–Trinajstić information content (AvgIpc) is 2.23. The molecule has 19 heavy (non-hydrogen) atoms. The Labute approximate surface area is 114 Å². The van der Waals surface area contributed by atoms with Crippen molar-refractivity contribution >= 4 is 12.0 Å². The van der Waals surface area contributed by atoms with Crippen molar-refractivity contribution in [2.75, 3.05) is 19.6 Å². The van der Waals surface area contributed by atoms with E-state index < -0.39 is 5.60 Å². The first-order chi connectivity index (χ1) is 8.73. The number of carbonyl (C=O) groups is 2. The van der Waals surface area contributed by atoms with E-state index in [-0.39, 0.29) is 17.5 Å². The second-order valence-corrected chi connectivity index (χ2v) is 6.65. The van der Waals surface area contributed by atoms with Crippen LogP contribution in [0.3, 0.4) is 0 Å². The number of hydrogen-bond donors (Lipinski definition) is 0. The third kappa shape index (κ3) is 2.85. The van der Waals surface area contributed by atoms with Gasteiger partial charge in [0.25, 0.3) is 0 Å². The van der Waals surface area contributed by atoms with Crippen LogP contribution in [0, 0.1) is 0 Å². The molecule has 1 saturated carbocycles. The molecule has 1 spiro atoms. The Bertz CT molecular complexity index is 383.